The fraction of sp³-hybridized carbons (Fsp3) is 0.438. The summed E-state index contributed by atoms with van der Waals surface area (Å²) in [4.78, 5) is 2.48. The Balaban J connectivity index is 1.79. The van der Waals surface area contributed by atoms with E-state index in [0.717, 1.165) is 11.3 Å². The minimum atomic E-state index is -3.52. The Morgan fingerprint density at radius 3 is 2.38 bits per heavy atom. The molecule has 0 spiro atoms. The highest BCUT2D eigenvalue weighted by Crippen LogP contribution is 2.27. The van der Waals surface area contributed by atoms with Gasteiger partial charge in [-0.25, -0.2) is 8.42 Å². The molecule has 0 amide bonds. The molecule has 2 heterocycles. The molecular weight excluding hydrogens is 348 g/mol. The maximum Gasteiger partial charge on any atom is 0.246 e. The molecule has 24 heavy (non-hydrogen) atoms. The zero-order valence-electron chi connectivity index (χ0n) is 14.0. The molecule has 0 bridgehead atoms. The van der Waals surface area contributed by atoms with E-state index in [-0.39, 0.29) is 0 Å². The van der Waals surface area contributed by atoms with Gasteiger partial charge in [-0.3, -0.25) is 5.10 Å². The van der Waals surface area contributed by atoms with Crippen LogP contribution in [-0.2, 0) is 10.0 Å². The maximum absolute atomic E-state index is 12.9. The summed E-state index contributed by atoms with van der Waals surface area (Å²) in [5, 5.41) is 7.44. The molecule has 1 fully saturated rings. The molecule has 1 aromatic carbocycles. The van der Waals surface area contributed by atoms with Crippen molar-refractivity contribution >= 4 is 27.3 Å². The molecule has 3 rings (SSSR count). The lowest BCUT2D eigenvalue weighted by Crippen LogP contribution is -2.49. The Hall–Kier alpha value is -1.57. The molecule has 1 N–H and O–H groups in total. The van der Waals surface area contributed by atoms with E-state index >= 15 is 0 Å². The van der Waals surface area contributed by atoms with Gasteiger partial charge in [0.25, 0.3) is 0 Å². The van der Waals surface area contributed by atoms with E-state index in [9.17, 15) is 8.42 Å². The number of aromatic amines is 1. The summed E-state index contributed by atoms with van der Waals surface area (Å²) in [5.74, 6) is 0. The Kier molecular flexibility index (Phi) is 4.59. The number of H-pyrrole nitrogens is 1. The minimum absolute atomic E-state index is 0.301. The van der Waals surface area contributed by atoms with Crippen LogP contribution in [0.5, 0.6) is 0 Å². The van der Waals surface area contributed by atoms with Crippen molar-refractivity contribution < 1.29 is 8.42 Å². The number of aryl methyl sites for hydroxylation is 3. The average Bonchev–Trinajstić information content (AvgIpc) is 2.89. The van der Waals surface area contributed by atoms with Crippen LogP contribution >= 0.6 is 11.6 Å². The molecule has 0 unspecified atom stereocenters. The number of sulfonamides is 1. The van der Waals surface area contributed by atoms with Gasteiger partial charge in [-0.2, -0.15) is 9.40 Å². The normalized spacial score (nSPS) is 16.6. The molecule has 130 valence electrons. The third-order valence-electron chi connectivity index (χ3n) is 4.41. The van der Waals surface area contributed by atoms with E-state index in [4.69, 9.17) is 11.6 Å². The number of nitrogens with zero attached hydrogens (tertiary/aromatic N) is 3. The SMILES string of the molecule is Cc1ccc(Cl)cc1N1CCN(S(=O)(=O)c2c(C)n[nH]c2C)CC1. The number of aromatic nitrogens is 2. The number of anilines is 1. The quantitative estimate of drug-likeness (QED) is 0.903. The van der Waals surface area contributed by atoms with E-state index in [2.05, 4.69) is 15.1 Å². The molecule has 0 atom stereocenters. The molecule has 0 saturated carbocycles. The maximum atomic E-state index is 12.9. The lowest BCUT2D eigenvalue weighted by Gasteiger charge is -2.36. The van der Waals surface area contributed by atoms with E-state index in [1.807, 2.05) is 25.1 Å². The Bertz CT molecular complexity index is 835. The molecule has 6 nitrogen and oxygen atoms in total. The second kappa shape index (κ2) is 6.38. The number of halogens is 1. The van der Waals surface area contributed by atoms with Crippen molar-refractivity contribution in [2.24, 2.45) is 0 Å². The van der Waals surface area contributed by atoms with Gasteiger partial charge in [-0.05, 0) is 38.5 Å². The molecule has 1 aliphatic heterocycles. The summed E-state index contributed by atoms with van der Waals surface area (Å²) < 4.78 is 27.3. The molecule has 8 heteroatoms. The molecule has 1 saturated heterocycles. The second-order valence-electron chi connectivity index (χ2n) is 6.09. The Morgan fingerprint density at radius 2 is 1.79 bits per heavy atom. The number of piperazine rings is 1. The lowest BCUT2D eigenvalue weighted by molar-refractivity contribution is 0.384. The third kappa shape index (κ3) is 3.03. The van der Waals surface area contributed by atoms with Gasteiger partial charge in [0.2, 0.25) is 10.0 Å². The van der Waals surface area contributed by atoms with Gasteiger partial charge in [-0.1, -0.05) is 17.7 Å². The van der Waals surface area contributed by atoms with Gasteiger partial charge in [-0.15, -0.1) is 0 Å². The summed E-state index contributed by atoms with van der Waals surface area (Å²) >= 11 is 6.10. The van der Waals surface area contributed by atoms with E-state index in [1.165, 1.54) is 4.31 Å². The van der Waals surface area contributed by atoms with Crippen LogP contribution in [0.1, 0.15) is 17.0 Å². The van der Waals surface area contributed by atoms with Crippen LogP contribution in [0.4, 0.5) is 5.69 Å². The monoisotopic (exact) mass is 368 g/mol. The first-order chi connectivity index (χ1) is 11.3. The summed E-state index contributed by atoms with van der Waals surface area (Å²) in [5.41, 5.74) is 3.30. The largest absolute Gasteiger partial charge is 0.369 e. The summed E-state index contributed by atoms with van der Waals surface area (Å²) in [6.45, 7) is 7.64. The smallest absolute Gasteiger partial charge is 0.246 e. The highest BCUT2D eigenvalue weighted by atomic mass is 35.5. The van der Waals surface area contributed by atoms with E-state index < -0.39 is 10.0 Å². The highest BCUT2D eigenvalue weighted by molar-refractivity contribution is 7.89. The standard InChI is InChI=1S/C16H21ClN4O2S/c1-11-4-5-14(17)10-15(11)20-6-8-21(9-7-20)24(22,23)16-12(2)18-19-13(16)3/h4-5,10H,6-9H2,1-3H3,(H,18,19). The van der Waals surface area contributed by atoms with Gasteiger partial charge < -0.3 is 4.90 Å². The van der Waals surface area contributed by atoms with Crippen molar-refractivity contribution in [1.82, 2.24) is 14.5 Å². The Labute approximate surface area is 147 Å². The fourth-order valence-corrected chi connectivity index (χ4v) is 5.06. The van der Waals surface area contributed by atoms with Crippen LogP contribution < -0.4 is 4.90 Å². The fourth-order valence-electron chi connectivity index (χ4n) is 3.14. The molecule has 0 aliphatic carbocycles. The van der Waals surface area contributed by atoms with Crippen LogP contribution in [0.2, 0.25) is 5.02 Å². The number of rotatable bonds is 3. The minimum Gasteiger partial charge on any atom is -0.369 e. The average molecular weight is 369 g/mol. The van der Waals surface area contributed by atoms with Crippen molar-refractivity contribution in [3.63, 3.8) is 0 Å². The molecule has 0 radical (unpaired) electrons. The van der Waals surface area contributed by atoms with Crippen molar-refractivity contribution in [3.8, 4) is 0 Å². The Morgan fingerprint density at radius 1 is 1.12 bits per heavy atom. The van der Waals surface area contributed by atoms with Crippen LogP contribution in [-0.4, -0.2) is 49.1 Å². The topological polar surface area (TPSA) is 69.3 Å². The summed E-state index contributed by atoms with van der Waals surface area (Å²) in [7, 11) is -3.52. The molecule has 1 aromatic heterocycles. The lowest BCUT2D eigenvalue weighted by atomic mass is 10.1. The van der Waals surface area contributed by atoms with Crippen LogP contribution in [0.25, 0.3) is 0 Å². The predicted octanol–water partition coefficient (Wildman–Crippen LogP) is 2.50. The van der Waals surface area contributed by atoms with Crippen LogP contribution in [0, 0.1) is 20.8 Å². The number of hydrogen-bond donors (Lipinski definition) is 1. The zero-order valence-corrected chi connectivity index (χ0v) is 15.6. The third-order valence-corrected chi connectivity index (χ3v) is 6.81. The number of benzene rings is 1. The van der Waals surface area contributed by atoms with Gasteiger partial charge in [0.1, 0.15) is 4.90 Å². The first kappa shape index (κ1) is 17.3. The van der Waals surface area contributed by atoms with Crippen molar-refractivity contribution in [2.75, 3.05) is 31.1 Å². The van der Waals surface area contributed by atoms with Gasteiger partial charge in [0.05, 0.1) is 11.4 Å². The summed E-state index contributed by atoms with van der Waals surface area (Å²) in [6.07, 6.45) is 0. The van der Waals surface area contributed by atoms with Crippen LogP contribution in [0.3, 0.4) is 0 Å². The number of nitrogens with one attached hydrogen (secondary N) is 1. The van der Waals surface area contributed by atoms with E-state index in [1.54, 1.807) is 13.8 Å². The van der Waals surface area contributed by atoms with Gasteiger partial charge in [0.15, 0.2) is 0 Å². The molecule has 2 aromatic rings. The first-order valence-corrected chi connectivity index (χ1v) is 9.65. The van der Waals surface area contributed by atoms with E-state index in [0.29, 0.717) is 47.5 Å². The van der Waals surface area contributed by atoms with Crippen LogP contribution in [0.15, 0.2) is 23.1 Å². The number of hydrogen-bond acceptors (Lipinski definition) is 4. The van der Waals surface area contributed by atoms with Gasteiger partial charge >= 0.3 is 0 Å². The zero-order chi connectivity index (χ0) is 17.5. The highest BCUT2D eigenvalue weighted by Gasteiger charge is 2.32. The first-order valence-electron chi connectivity index (χ1n) is 7.83. The van der Waals surface area contributed by atoms with Crippen molar-refractivity contribution in [2.45, 2.75) is 25.7 Å². The molecule has 1 aliphatic rings. The van der Waals surface area contributed by atoms with Crippen molar-refractivity contribution in [3.05, 3.63) is 40.2 Å². The summed E-state index contributed by atoms with van der Waals surface area (Å²) in [6, 6.07) is 5.79. The predicted molar refractivity (Wildman–Crippen MR) is 95.2 cm³/mol. The van der Waals surface area contributed by atoms with Gasteiger partial charge in [0, 0.05) is 36.9 Å². The molecular formula is C16H21ClN4O2S. The second-order valence-corrected chi connectivity index (χ2v) is 8.40. The van der Waals surface area contributed by atoms with Crippen molar-refractivity contribution in [1.29, 1.82) is 0 Å².